The topological polar surface area (TPSA) is 82.5 Å². The van der Waals surface area contributed by atoms with Gasteiger partial charge in [0.25, 0.3) is 0 Å². The largest absolute Gasteiger partial charge is 0.497 e. The molecule has 0 aromatic heterocycles. The third kappa shape index (κ3) is 5.15. The van der Waals surface area contributed by atoms with Crippen molar-refractivity contribution in [2.75, 3.05) is 46.4 Å². The van der Waals surface area contributed by atoms with Crippen molar-refractivity contribution in [2.24, 2.45) is 17.8 Å². The number of carbonyl (C=O) groups is 1. The van der Waals surface area contributed by atoms with E-state index in [1.54, 1.807) is 13.4 Å². The van der Waals surface area contributed by atoms with Crippen molar-refractivity contribution >= 4 is 11.4 Å². The Morgan fingerprint density at radius 3 is 2.00 bits per heavy atom. The van der Waals surface area contributed by atoms with Gasteiger partial charge in [-0.2, -0.15) is 0 Å². The van der Waals surface area contributed by atoms with Gasteiger partial charge in [-0.3, -0.25) is 4.79 Å². The predicted octanol–water partition coefficient (Wildman–Crippen LogP) is 2.56. The number of ether oxygens (including phenoxy) is 2. The maximum Gasteiger partial charge on any atom is 0.175 e. The third-order valence-electron chi connectivity index (χ3n) is 8.61. The lowest BCUT2D eigenvalue weighted by Gasteiger charge is -2.50. The van der Waals surface area contributed by atoms with Crippen LogP contribution in [0.1, 0.15) is 44.1 Å². The Labute approximate surface area is 208 Å². The lowest BCUT2D eigenvalue weighted by atomic mass is 9.65. The standard InChI is InChI=1S/C28H40N2O5/c1-34-20-10-8-19(9-11-20)23-18-35-28-22(17-30-14-6-3-7-15-30)25(31)21(26(32)24(28)27(23)33)16-29-12-4-2-5-13-29/h8-11,18,21-22,24-26,28,31-32H,2-7,12-17H2,1H3. The Morgan fingerprint density at radius 1 is 0.857 bits per heavy atom. The summed E-state index contributed by atoms with van der Waals surface area (Å²) in [6, 6.07) is 7.36. The molecule has 6 unspecified atom stereocenters. The zero-order chi connectivity index (χ0) is 24.4. The lowest BCUT2D eigenvalue weighted by molar-refractivity contribution is -0.173. The molecule has 4 aliphatic rings. The Kier molecular flexibility index (Phi) is 7.77. The number of carbonyl (C=O) groups excluding carboxylic acids is 1. The van der Waals surface area contributed by atoms with Crippen molar-refractivity contribution in [2.45, 2.75) is 56.8 Å². The molecule has 3 aliphatic heterocycles. The van der Waals surface area contributed by atoms with Gasteiger partial charge in [0, 0.05) is 24.9 Å². The zero-order valence-electron chi connectivity index (χ0n) is 20.8. The zero-order valence-corrected chi connectivity index (χ0v) is 20.8. The number of nitrogens with zero attached hydrogens (tertiary/aromatic N) is 2. The molecule has 1 saturated carbocycles. The molecular weight excluding hydrogens is 444 g/mol. The highest BCUT2D eigenvalue weighted by Crippen LogP contribution is 2.43. The van der Waals surface area contributed by atoms with Crippen LogP contribution in [-0.4, -0.2) is 90.5 Å². The lowest BCUT2D eigenvalue weighted by Crippen LogP contribution is -2.63. The van der Waals surface area contributed by atoms with Gasteiger partial charge in [-0.05, 0) is 69.6 Å². The van der Waals surface area contributed by atoms with E-state index in [-0.39, 0.29) is 17.6 Å². The van der Waals surface area contributed by atoms with E-state index in [0.29, 0.717) is 18.7 Å². The molecule has 0 bridgehead atoms. The summed E-state index contributed by atoms with van der Waals surface area (Å²) in [5.74, 6) is -0.621. The number of benzene rings is 1. The van der Waals surface area contributed by atoms with Crippen LogP contribution in [0.15, 0.2) is 30.5 Å². The van der Waals surface area contributed by atoms with Crippen LogP contribution in [0.25, 0.3) is 5.57 Å². The van der Waals surface area contributed by atoms with E-state index in [4.69, 9.17) is 9.47 Å². The second-order valence-electron chi connectivity index (χ2n) is 10.8. The van der Waals surface area contributed by atoms with E-state index in [1.165, 1.54) is 12.8 Å². The summed E-state index contributed by atoms with van der Waals surface area (Å²) < 4.78 is 11.5. The Bertz CT molecular complexity index is 891. The summed E-state index contributed by atoms with van der Waals surface area (Å²) in [7, 11) is 1.61. The normalized spacial score (nSPS) is 34.6. The fourth-order valence-electron chi connectivity index (χ4n) is 6.60. The third-order valence-corrected chi connectivity index (χ3v) is 8.61. The number of aliphatic hydroxyl groups is 2. The molecule has 3 fully saturated rings. The van der Waals surface area contributed by atoms with Gasteiger partial charge in [0.15, 0.2) is 5.78 Å². The molecule has 3 heterocycles. The monoisotopic (exact) mass is 484 g/mol. The van der Waals surface area contributed by atoms with Crippen LogP contribution in [-0.2, 0) is 9.53 Å². The average Bonchev–Trinajstić information content (AvgIpc) is 2.90. The highest BCUT2D eigenvalue weighted by molar-refractivity contribution is 6.22. The van der Waals surface area contributed by atoms with Crippen molar-refractivity contribution in [1.82, 2.24) is 9.80 Å². The first-order chi connectivity index (χ1) is 17.1. The molecular formula is C28H40N2O5. The molecule has 2 N–H and O–H groups in total. The molecule has 7 nitrogen and oxygen atoms in total. The number of likely N-dealkylation sites (tertiary alicyclic amines) is 2. The number of hydrogen-bond donors (Lipinski definition) is 2. The first-order valence-electron chi connectivity index (χ1n) is 13.4. The SMILES string of the molecule is COc1ccc(C2=COC3C(CN4CCCCC4)C(O)C(CN4CCCCC4)C(O)C3C2=O)cc1. The minimum atomic E-state index is -0.941. The number of aliphatic hydroxyl groups excluding tert-OH is 2. The maximum atomic E-state index is 13.9. The van der Waals surface area contributed by atoms with Crippen LogP contribution in [0, 0.1) is 17.8 Å². The van der Waals surface area contributed by atoms with E-state index in [0.717, 1.165) is 63.2 Å². The van der Waals surface area contributed by atoms with E-state index in [9.17, 15) is 15.0 Å². The van der Waals surface area contributed by atoms with Crippen molar-refractivity contribution < 1.29 is 24.5 Å². The molecule has 0 amide bonds. The van der Waals surface area contributed by atoms with E-state index >= 15 is 0 Å². The number of Topliss-reactive ketones (excluding diaryl/α,β-unsaturated/α-hetero) is 1. The van der Waals surface area contributed by atoms with E-state index < -0.39 is 24.2 Å². The minimum absolute atomic E-state index is 0.0851. The van der Waals surface area contributed by atoms with Crippen LogP contribution in [0.4, 0.5) is 0 Å². The Morgan fingerprint density at radius 2 is 1.43 bits per heavy atom. The first kappa shape index (κ1) is 24.8. The van der Waals surface area contributed by atoms with Crippen molar-refractivity contribution in [3.8, 4) is 5.75 Å². The van der Waals surface area contributed by atoms with Crippen LogP contribution in [0.5, 0.6) is 5.75 Å². The number of ketones is 1. The molecule has 6 atom stereocenters. The highest BCUT2D eigenvalue weighted by Gasteiger charge is 2.55. The average molecular weight is 485 g/mol. The molecule has 1 aromatic rings. The molecule has 192 valence electrons. The summed E-state index contributed by atoms with van der Waals surface area (Å²) >= 11 is 0. The van der Waals surface area contributed by atoms with E-state index in [2.05, 4.69) is 9.80 Å². The van der Waals surface area contributed by atoms with Gasteiger partial charge in [0.1, 0.15) is 11.9 Å². The summed E-state index contributed by atoms with van der Waals surface area (Å²) in [4.78, 5) is 18.6. The summed E-state index contributed by atoms with van der Waals surface area (Å²) in [6.45, 7) is 5.33. The van der Waals surface area contributed by atoms with Crippen molar-refractivity contribution in [1.29, 1.82) is 0 Å². The van der Waals surface area contributed by atoms with Crippen LogP contribution in [0.3, 0.4) is 0 Å². The van der Waals surface area contributed by atoms with Gasteiger partial charge >= 0.3 is 0 Å². The fourth-order valence-corrected chi connectivity index (χ4v) is 6.60. The molecule has 35 heavy (non-hydrogen) atoms. The number of piperidine rings is 2. The number of methoxy groups -OCH3 is 1. The smallest absolute Gasteiger partial charge is 0.175 e. The van der Waals surface area contributed by atoms with Gasteiger partial charge < -0.3 is 29.5 Å². The molecule has 7 heteroatoms. The van der Waals surface area contributed by atoms with Gasteiger partial charge in [0.2, 0.25) is 0 Å². The first-order valence-corrected chi connectivity index (χ1v) is 13.4. The number of rotatable bonds is 6. The van der Waals surface area contributed by atoms with Crippen molar-refractivity contribution in [3.05, 3.63) is 36.1 Å². The number of fused-ring (bicyclic) bond motifs is 1. The van der Waals surface area contributed by atoms with Crippen LogP contribution in [0.2, 0.25) is 0 Å². The van der Waals surface area contributed by atoms with Crippen LogP contribution >= 0.6 is 0 Å². The van der Waals surface area contributed by atoms with Crippen LogP contribution < -0.4 is 4.74 Å². The second kappa shape index (κ2) is 11.0. The second-order valence-corrected chi connectivity index (χ2v) is 10.8. The highest BCUT2D eigenvalue weighted by atomic mass is 16.5. The van der Waals surface area contributed by atoms with Gasteiger partial charge in [-0.15, -0.1) is 0 Å². The molecule has 0 radical (unpaired) electrons. The van der Waals surface area contributed by atoms with E-state index in [1.807, 2.05) is 24.3 Å². The molecule has 1 aromatic carbocycles. The minimum Gasteiger partial charge on any atom is -0.497 e. The summed E-state index contributed by atoms with van der Waals surface area (Å²) in [5.41, 5.74) is 1.24. The molecule has 1 aliphatic carbocycles. The molecule has 2 saturated heterocycles. The summed E-state index contributed by atoms with van der Waals surface area (Å²) in [5, 5.41) is 23.1. The molecule has 0 spiro atoms. The quantitative estimate of drug-likeness (QED) is 0.642. The summed E-state index contributed by atoms with van der Waals surface area (Å²) in [6.07, 6.45) is 6.49. The Balaban J connectivity index is 1.43. The Hall–Kier alpha value is -1.93. The fraction of sp³-hybridized carbons (Fsp3) is 0.679. The maximum absolute atomic E-state index is 13.9. The predicted molar refractivity (Wildman–Crippen MR) is 134 cm³/mol. The van der Waals surface area contributed by atoms with Gasteiger partial charge in [-0.25, -0.2) is 0 Å². The van der Waals surface area contributed by atoms with Crippen molar-refractivity contribution in [3.63, 3.8) is 0 Å². The number of hydrogen-bond acceptors (Lipinski definition) is 7. The molecule has 5 rings (SSSR count). The van der Waals surface area contributed by atoms with Gasteiger partial charge in [-0.1, -0.05) is 25.0 Å². The van der Waals surface area contributed by atoms with Gasteiger partial charge in [0.05, 0.1) is 37.1 Å². The number of allylic oxidation sites excluding steroid dienone is 1.